The summed E-state index contributed by atoms with van der Waals surface area (Å²) in [7, 11) is 0. The molecule has 3 atom stereocenters. The first-order valence-corrected chi connectivity index (χ1v) is 5.97. The van der Waals surface area contributed by atoms with E-state index in [2.05, 4.69) is 13.8 Å². The lowest BCUT2D eigenvalue weighted by Gasteiger charge is -2.32. The predicted molar refractivity (Wildman–Crippen MR) is 58.5 cm³/mol. The van der Waals surface area contributed by atoms with Crippen LogP contribution in [0.15, 0.2) is 0 Å². The maximum atomic E-state index is 11.3. The van der Waals surface area contributed by atoms with Crippen LogP contribution >= 0.6 is 0 Å². The van der Waals surface area contributed by atoms with Crippen molar-refractivity contribution < 1.29 is 19.1 Å². The molecule has 0 aromatic carbocycles. The lowest BCUT2D eigenvalue weighted by atomic mass is 9.79. The minimum Gasteiger partial charge on any atom is -0.455 e. The maximum Gasteiger partial charge on any atom is 0.494 e. The van der Waals surface area contributed by atoms with Gasteiger partial charge < -0.3 is 14.3 Å². The SMILES string of the molecule is CC(C)C1CCC2OC(=O)CC(=[OH+])OC2C1. The second-order valence-electron chi connectivity index (χ2n) is 5.07. The highest BCUT2D eigenvalue weighted by molar-refractivity contribution is 5.92. The molecule has 0 bridgehead atoms. The fourth-order valence-electron chi connectivity index (χ4n) is 2.55. The van der Waals surface area contributed by atoms with Gasteiger partial charge in [0.25, 0.3) is 0 Å². The molecule has 2 rings (SSSR count). The summed E-state index contributed by atoms with van der Waals surface area (Å²) >= 11 is 0. The normalized spacial score (nSPS) is 35.1. The first kappa shape index (κ1) is 11.4. The van der Waals surface area contributed by atoms with Gasteiger partial charge in [0.1, 0.15) is 0 Å². The summed E-state index contributed by atoms with van der Waals surface area (Å²) < 4.78 is 10.7. The van der Waals surface area contributed by atoms with Crippen LogP contribution < -0.4 is 0 Å². The number of fused-ring (bicyclic) bond motifs is 1. The highest BCUT2D eigenvalue weighted by Gasteiger charge is 2.44. The van der Waals surface area contributed by atoms with Crippen molar-refractivity contribution in [3.8, 4) is 0 Å². The van der Waals surface area contributed by atoms with Crippen LogP contribution in [0.1, 0.15) is 39.5 Å². The predicted octanol–water partition coefficient (Wildman–Crippen LogP) is 1.65. The molecule has 1 saturated carbocycles. The molecule has 1 aliphatic heterocycles. The fourth-order valence-corrected chi connectivity index (χ4v) is 2.55. The summed E-state index contributed by atoms with van der Waals surface area (Å²) in [4.78, 5) is 20.7. The van der Waals surface area contributed by atoms with Gasteiger partial charge in [-0.1, -0.05) is 13.8 Å². The molecule has 1 heterocycles. The Labute approximate surface area is 95.3 Å². The number of carbonyl (C=O) groups is 1. The van der Waals surface area contributed by atoms with Crippen LogP contribution in [-0.2, 0) is 14.3 Å². The topological polar surface area (TPSA) is 56.9 Å². The summed E-state index contributed by atoms with van der Waals surface area (Å²) in [6, 6.07) is 0. The van der Waals surface area contributed by atoms with Gasteiger partial charge in [0, 0.05) is 6.42 Å². The lowest BCUT2D eigenvalue weighted by molar-refractivity contribution is -0.153. The Morgan fingerprint density at radius 1 is 1.25 bits per heavy atom. The molecule has 90 valence electrons. The van der Waals surface area contributed by atoms with Crippen LogP contribution in [0.2, 0.25) is 0 Å². The molecule has 1 N–H and O–H groups in total. The summed E-state index contributed by atoms with van der Waals surface area (Å²) in [5, 5.41) is 0. The quantitative estimate of drug-likeness (QED) is 0.389. The van der Waals surface area contributed by atoms with Crippen molar-refractivity contribution in [2.24, 2.45) is 11.8 Å². The Balaban J connectivity index is 2.05. The third-order valence-electron chi connectivity index (χ3n) is 3.58. The van der Waals surface area contributed by atoms with E-state index in [9.17, 15) is 9.59 Å². The molecule has 4 heteroatoms. The number of hydrogen-bond acceptors (Lipinski definition) is 3. The van der Waals surface area contributed by atoms with E-state index in [1.807, 2.05) is 0 Å². The number of rotatable bonds is 1. The molecule has 16 heavy (non-hydrogen) atoms. The Bertz CT molecular complexity index is 297. The van der Waals surface area contributed by atoms with E-state index in [1.54, 1.807) is 0 Å². The Hall–Kier alpha value is -1.06. The van der Waals surface area contributed by atoms with E-state index in [-0.39, 0.29) is 30.6 Å². The monoisotopic (exact) mass is 227 g/mol. The van der Waals surface area contributed by atoms with Crippen molar-refractivity contribution in [2.45, 2.75) is 51.7 Å². The van der Waals surface area contributed by atoms with Gasteiger partial charge in [-0.05, 0) is 24.7 Å². The van der Waals surface area contributed by atoms with Crippen LogP contribution in [0.25, 0.3) is 0 Å². The molecule has 0 aromatic rings. The van der Waals surface area contributed by atoms with Crippen LogP contribution in [0.4, 0.5) is 0 Å². The number of carbonyl (C=O) groups excluding carboxylic acids is 2. The molecule has 1 saturated heterocycles. The molecular weight excluding hydrogens is 208 g/mol. The Morgan fingerprint density at radius 2 is 2.00 bits per heavy atom. The number of hydrogen-bond donors (Lipinski definition) is 0. The molecule has 2 aliphatic rings. The third-order valence-corrected chi connectivity index (χ3v) is 3.58. The second-order valence-corrected chi connectivity index (χ2v) is 5.07. The first-order chi connectivity index (χ1) is 7.56. The van der Waals surface area contributed by atoms with Gasteiger partial charge >= 0.3 is 11.9 Å². The van der Waals surface area contributed by atoms with Crippen LogP contribution in [0, 0.1) is 11.8 Å². The van der Waals surface area contributed by atoms with Gasteiger partial charge in [0.2, 0.25) is 6.10 Å². The molecular formula is C12H19O4+. The first-order valence-electron chi connectivity index (χ1n) is 5.97. The fraction of sp³-hybridized carbons (Fsp3) is 0.833. The minimum absolute atomic E-state index is 0.126. The summed E-state index contributed by atoms with van der Waals surface area (Å²) in [6.45, 7) is 4.38. The van der Waals surface area contributed by atoms with Crippen molar-refractivity contribution >= 4 is 11.9 Å². The van der Waals surface area contributed by atoms with Gasteiger partial charge in [-0.15, -0.1) is 0 Å². The van der Waals surface area contributed by atoms with Gasteiger partial charge in [-0.25, -0.2) is 0 Å². The smallest absolute Gasteiger partial charge is 0.455 e. The van der Waals surface area contributed by atoms with E-state index in [0.29, 0.717) is 11.8 Å². The summed E-state index contributed by atoms with van der Waals surface area (Å²) in [6.07, 6.45) is 2.31. The average molecular weight is 227 g/mol. The highest BCUT2D eigenvalue weighted by atomic mass is 16.6. The number of ether oxygens (including phenoxy) is 2. The van der Waals surface area contributed by atoms with Crippen LogP contribution in [-0.4, -0.2) is 28.9 Å². The number of esters is 2. The van der Waals surface area contributed by atoms with Gasteiger partial charge in [0.05, 0.1) is 0 Å². The molecule has 0 amide bonds. The molecule has 0 aromatic heterocycles. The van der Waals surface area contributed by atoms with Crippen molar-refractivity contribution in [3.05, 3.63) is 0 Å². The van der Waals surface area contributed by atoms with Crippen molar-refractivity contribution in [1.82, 2.24) is 0 Å². The van der Waals surface area contributed by atoms with E-state index in [4.69, 9.17) is 9.47 Å². The molecule has 0 spiro atoms. The molecule has 4 nitrogen and oxygen atoms in total. The van der Waals surface area contributed by atoms with Gasteiger partial charge in [0.15, 0.2) is 12.5 Å². The maximum absolute atomic E-state index is 11.3. The average Bonchev–Trinajstić information content (AvgIpc) is 2.32. The molecule has 2 fully saturated rings. The van der Waals surface area contributed by atoms with Gasteiger partial charge in [-0.3, -0.25) is 4.79 Å². The highest BCUT2D eigenvalue weighted by Crippen LogP contribution is 2.34. The third kappa shape index (κ3) is 2.36. The van der Waals surface area contributed by atoms with Crippen LogP contribution in [0.3, 0.4) is 0 Å². The Morgan fingerprint density at radius 3 is 2.69 bits per heavy atom. The van der Waals surface area contributed by atoms with E-state index in [0.717, 1.165) is 19.3 Å². The summed E-state index contributed by atoms with van der Waals surface area (Å²) in [5.74, 6) is 0.617. The van der Waals surface area contributed by atoms with E-state index in [1.165, 1.54) is 0 Å². The Kier molecular flexibility index (Phi) is 3.17. The zero-order valence-electron chi connectivity index (χ0n) is 9.81. The van der Waals surface area contributed by atoms with Crippen molar-refractivity contribution in [1.29, 1.82) is 0 Å². The zero-order chi connectivity index (χ0) is 11.7. The minimum atomic E-state index is -0.381. The van der Waals surface area contributed by atoms with Crippen molar-refractivity contribution in [2.75, 3.05) is 0 Å². The standard InChI is InChI=1S/C12H18O4/c1-7(2)8-3-4-9-10(5-8)16-12(14)6-11(13)15-9/h7-10H,3-6H2,1-2H3/p+1. The van der Waals surface area contributed by atoms with E-state index < -0.39 is 0 Å². The van der Waals surface area contributed by atoms with Gasteiger partial charge in [-0.2, -0.15) is 0 Å². The zero-order valence-corrected chi connectivity index (χ0v) is 9.81. The molecule has 3 unspecified atom stereocenters. The molecule has 1 aliphatic carbocycles. The van der Waals surface area contributed by atoms with E-state index >= 15 is 0 Å². The second kappa shape index (κ2) is 4.44. The lowest BCUT2D eigenvalue weighted by Crippen LogP contribution is -2.38. The largest absolute Gasteiger partial charge is 0.494 e. The summed E-state index contributed by atoms with van der Waals surface area (Å²) in [5.41, 5.74) is 0. The van der Waals surface area contributed by atoms with Crippen molar-refractivity contribution in [3.63, 3.8) is 0 Å². The molecule has 0 radical (unpaired) electrons. The van der Waals surface area contributed by atoms with Crippen LogP contribution in [0.5, 0.6) is 0 Å².